The van der Waals surface area contributed by atoms with Crippen LogP contribution < -0.4 is 11.1 Å². The van der Waals surface area contributed by atoms with Crippen LogP contribution in [0.4, 0.5) is 0 Å². The van der Waals surface area contributed by atoms with Gasteiger partial charge in [0, 0.05) is 11.6 Å². The summed E-state index contributed by atoms with van der Waals surface area (Å²) in [4.78, 5) is 29.0. The first-order valence-electron chi connectivity index (χ1n) is 7.54. The molecule has 0 aliphatic heterocycles. The Balaban J connectivity index is 2.02. The minimum absolute atomic E-state index is 0.261. The first-order chi connectivity index (χ1) is 11.5. The zero-order chi connectivity index (χ0) is 17.2. The van der Waals surface area contributed by atoms with Crippen LogP contribution in [0.25, 0.3) is 10.8 Å². The van der Waals surface area contributed by atoms with Crippen molar-refractivity contribution in [1.82, 2.24) is 10.3 Å². The molecule has 0 saturated carbocycles. The number of nitrogens with one attached hydrogen (secondary N) is 1. The average molecular weight is 319 g/mol. The van der Waals surface area contributed by atoms with Gasteiger partial charge in [-0.05, 0) is 23.9 Å². The van der Waals surface area contributed by atoms with Gasteiger partial charge in [0.2, 0.25) is 5.91 Å². The monoisotopic (exact) mass is 319 g/mol. The van der Waals surface area contributed by atoms with Crippen LogP contribution in [-0.2, 0) is 10.3 Å². The lowest BCUT2D eigenvalue weighted by molar-refractivity contribution is -0.123. The lowest BCUT2D eigenvalue weighted by Crippen LogP contribution is -2.52. The normalized spacial score (nSPS) is 13.2. The van der Waals surface area contributed by atoms with Gasteiger partial charge in [-0.3, -0.25) is 14.6 Å². The standard InChI is InChI=1S/C19H17N3O2/c1-19(18(20)24,14-8-3-2-4-9-14)22-17(23)16-15-10-6-5-7-13(15)11-12-21-16/h2-12H,1H3,(H2,20,24)(H,22,23). The molecule has 0 radical (unpaired) electrons. The lowest BCUT2D eigenvalue weighted by atomic mass is 9.91. The van der Waals surface area contributed by atoms with Gasteiger partial charge in [0.1, 0.15) is 11.2 Å². The second kappa shape index (κ2) is 6.12. The number of amides is 2. The molecule has 1 atom stereocenters. The first kappa shape index (κ1) is 15.7. The maximum Gasteiger partial charge on any atom is 0.271 e. The van der Waals surface area contributed by atoms with Crippen LogP contribution in [0.2, 0.25) is 0 Å². The van der Waals surface area contributed by atoms with Crippen molar-refractivity contribution in [1.29, 1.82) is 0 Å². The van der Waals surface area contributed by atoms with Crippen LogP contribution in [0.5, 0.6) is 0 Å². The second-order valence-corrected chi connectivity index (χ2v) is 5.69. The molecular weight excluding hydrogens is 302 g/mol. The van der Waals surface area contributed by atoms with Gasteiger partial charge in [-0.1, -0.05) is 54.6 Å². The quantitative estimate of drug-likeness (QED) is 0.774. The third-order valence-corrected chi connectivity index (χ3v) is 4.10. The van der Waals surface area contributed by atoms with E-state index in [0.29, 0.717) is 5.56 Å². The lowest BCUT2D eigenvalue weighted by Gasteiger charge is -2.28. The Hall–Kier alpha value is -3.21. The molecule has 120 valence electrons. The maximum absolute atomic E-state index is 12.8. The topological polar surface area (TPSA) is 85.1 Å². The smallest absolute Gasteiger partial charge is 0.271 e. The summed E-state index contributed by atoms with van der Waals surface area (Å²) in [6.45, 7) is 1.59. The fraction of sp³-hybridized carbons (Fsp3) is 0.105. The van der Waals surface area contributed by atoms with E-state index >= 15 is 0 Å². The fourth-order valence-corrected chi connectivity index (χ4v) is 2.63. The van der Waals surface area contributed by atoms with Crippen LogP contribution in [0, 0.1) is 0 Å². The van der Waals surface area contributed by atoms with Gasteiger partial charge in [-0.25, -0.2) is 0 Å². The third-order valence-electron chi connectivity index (χ3n) is 4.10. The number of carbonyl (C=O) groups excluding carboxylic acids is 2. The summed E-state index contributed by atoms with van der Waals surface area (Å²) >= 11 is 0. The SMILES string of the molecule is CC(NC(=O)c1nccc2ccccc12)(C(N)=O)c1ccccc1. The van der Waals surface area contributed by atoms with Crippen molar-refractivity contribution in [3.05, 3.63) is 78.1 Å². The highest BCUT2D eigenvalue weighted by Gasteiger charge is 2.35. The number of nitrogens with zero attached hydrogens (tertiary/aromatic N) is 1. The van der Waals surface area contributed by atoms with Crippen molar-refractivity contribution in [2.75, 3.05) is 0 Å². The number of hydrogen-bond acceptors (Lipinski definition) is 3. The van der Waals surface area contributed by atoms with E-state index in [9.17, 15) is 9.59 Å². The van der Waals surface area contributed by atoms with E-state index in [1.54, 1.807) is 37.4 Å². The number of benzene rings is 2. The molecule has 0 saturated heterocycles. The largest absolute Gasteiger partial charge is 0.367 e. The van der Waals surface area contributed by atoms with Gasteiger partial charge in [-0.2, -0.15) is 0 Å². The van der Waals surface area contributed by atoms with Crippen LogP contribution >= 0.6 is 0 Å². The summed E-state index contributed by atoms with van der Waals surface area (Å²) in [5, 5.41) is 4.36. The highest BCUT2D eigenvalue weighted by atomic mass is 16.2. The van der Waals surface area contributed by atoms with Crippen LogP contribution in [-0.4, -0.2) is 16.8 Å². The minimum atomic E-state index is -1.32. The van der Waals surface area contributed by atoms with Crippen molar-refractivity contribution in [2.45, 2.75) is 12.5 Å². The Labute approximate surface area is 139 Å². The first-order valence-corrected chi connectivity index (χ1v) is 7.54. The van der Waals surface area contributed by atoms with Crippen molar-refractivity contribution >= 4 is 22.6 Å². The molecule has 0 aliphatic rings. The zero-order valence-corrected chi connectivity index (χ0v) is 13.2. The van der Waals surface area contributed by atoms with Crippen LogP contribution in [0.1, 0.15) is 23.0 Å². The number of primary amides is 1. The molecule has 0 bridgehead atoms. The van der Waals surface area contributed by atoms with E-state index in [0.717, 1.165) is 10.8 Å². The van der Waals surface area contributed by atoms with E-state index in [-0.39, 0.29) is 5.69 Å². The minimum Gasteiger partial charge on any atom is -0.367 e. The zero-order valence-electron chi connectivity index (χ0n) is 13.2. The fourth-order valence-electron chi connectivity index (χ4n) is 2.63. The average Bonchev–Trinajstić information content (AvgIpc) is 2.61. The number of pyridine rings is 1. The molecule has 0 fully saturated rings. The molecule has 2 aromatic carbocycles. The molecule has 24 heavy (non-hydrogen) atoms. The molecule has 3 N–H and O–H groups in total. The summed E-state index contributed by atoms with van der Waals surface area (Å²) in [5.41, 5.74) is 5.12. The number of nitrogens with two attached hydrogens (primary N) is 1. The molecule has 1 heterocycles. The second-order valence-electron chi connectivity index (χ2n) is 5.69. The predicted molar refractivity (Wildman–Crippen MR) is 92.2 cm³/mol. The van der Waals surface area contributed by atoms with E-state index in [4.69, 9.17) is 5.73 Å². The van der Waals surface area contributed by atoms with Gasteiger partial charge in [0.15, 0.2) is 0 Å². The van der Waals surface area contributed by atoms with E-state index in [2.05, 4.69) is 10.3 Å². The highest BCUT2D eigenvalue weighted by Crippen LogP contribution is 2.22. The van der Waals surface area contributed by atoms with E-state index in [1.807, 2.05) is 36.4 Å². The summed E-state index contributed by atoms with van der Waals surface area (Å²) < 4.78 is 0. The molecule has 0 aliphatic carbocycles. The molecule has 5 heteroatoms. The van der Waals surface area contributed by atoms with Crippen LogP contribution in [0.3, 0.4) is 0 Å². The highest BCUT2D eigenvalue weighted by molar-refractivity contribution is 6.07. The Morgan fingerprint density at radius 2 is 1.67 bits per heavy atom. The van der Waals surface area contributed by atoms with Crippen molar-refractivity contribution in [3.63, 3.8) is 0 Å². The third kappa shape index (κ3) is 2.72. The van der Waals surface area contributed by atoms with E-state index < -0.39 is 17.4 Å². The number of hydrogen-bond donors (Lipinski definition) is 2. The summed E-state index contributed by atoms with van der Waals surface area (Å²) in [5.74, 6) is -1.08. The Kier molecular flexibility index (Phi) is 4.00. The summed E-state index contributed by atoms with van der Waals surface area (Å²) in [6, 6.07) is 18.2. The molecule has 1 unspecified atom stereocenters. The molecule has 3 aromatic rings. The molecule has 3 rings (SSSR count). The molecule has 5 nitrogen and oxygen atoms in total. The number of rotatable bonds is 4. The van der Waals surface area contributed by atoms with Crippen LogP contribution in [0.15, 0.2) is 66.9 Å². The molecule has 1 aromatic heterocycles. The van der Waals surface area contributed by atoms with Gasteiger partial charge < -0.3 is 11.1 Å². The number of fused-ring (bicyclic) bond motifs is 1. The Bertz CT molecular complexity index is 903. The van der Waals surface area contributed by atoms with Gasteiger partial charge in [0.25, 0.3) is 5.91 Å². The summed E-state index contributed by atoms with van der Waals surface area (Å²) in [6.07, 6.45) is 1.57. The Morgan fingerprint density at radius 1 is 1.00 bits per heavy atom. The maximum atomic E-state index is 12.8. The van der Waals surface area contributed by atoms with Crippen molar-refractivity contribution in [3.8, 4) is 0 Å². The van der Waals surface area contributed by atoms with Crippen molar-refractivity contribution < 1.29 is 9.59 Å². The molecular formula is C19H17N3O2. The Morgan fingerprint density at radius 3 is 2.38 bits per heavy atom. The van der Waals surface area contributed by atoms with Gasteiger partial charge >= 0.3 is 0 Å². The molecule has 0 spiro atoms. The summed E-state index contributed by atoms with van der Waals surface area (Å²) in [7, 11) is 0. The van der Waals surface area contributed by atoms with Gasteiger partial charge in [0.05, 0.1) is 0 Å². The van der Waals surface area contributed by atoms with E-state index in [1.165, 1.54) is 0 Å². The predicted octanol–water partition coefficient (Wildman–Crippen LogP) is 2.37. The number of aromatic nitrogens is 1. The van der Waals surface area contributed by atoms with Gasteiger partial charge in [-0.15, -0.1) is 0 Å². The number of carbonyl (C=O) groups is 2. The van der Waals surface area contributed by atoms with Crippen molar-refractivity contribution in [2.24, 2.45) is 5.73 Å². The molecule has 2 amide bonds.